The van der Waals surface area contributed by atoms with Gasteiger partial charge in [0.1, 0.15) is 5.58 Å². The summed E-state index contributed by atoms with van der Waals surface area (Å²) in [6, 6.07) is 9.00. The van der Waals surface area contributed by atoms with Gasteiger partial charge in [0.2, 0.25) is 0 Å². The van der Waals surface area contributed by atoms with Crippen LogP contribution >= 0.6 is 0 Å². The molecule has 3 heteroatoms. The van der Waals surface area contributed by atoms with Crippen molar-refractivity contribution in [3.8, 4) is 0 Å². The van der Waals surface area contributed by atoms with Gasteiger partial charge >= 0.3 is 0 Å². The SMILES string of the molecule is CCCN(Cc1coc2ccccc12)C1CCCNC1. The summed E-state index contributed by atoms with van der Waals surface area (Å²) in [5, 5.41) is 4.79. The molecule has 0 aliphatic carbocycles. The average molecular weight is 272 g/mol. The summed E-state index contributed by atoms with van der Waals surface area (Å²) in [5.41, 5.74) is 2.32. The van der Waals surface area contributed by atoms with E-state index in [1.807, 2.05) is 18.4 Å². The molecule has 0 amide bonds. The third kappa shape index (κ3) is 2.89. The highest BCUT2D eigenvalue weighted by atomic mass is 16.3. The van der Waals surface area contributed by atoms with E-state index in [0.717, 1.165) is 25.2 Å². The molecular formula is C17H24N2O. The molecule has 1 saturated heterocycles. The second-order valence-corrected chi connectivity index (χ2v) is 5.73. The summed E-state index contributed by atoms with van der Waals surface area (Å²) >= 11 is 0. The van der Waals surface area contributed by atoms with Crippen LogP contribution in [-0.2, 0) is 6.54 Å². The first-order valence-corrected chi connectivity index (χ1v) is 7.78. The van der Waals surface area contributed by atoms with Gasteiger partial charge in [0.15, 0.2) is 0 Å². The van der Waals surface area contributed by atoms with Crippen molar-refractivity contribution in [1.82, 2.24) is 10.2 Å². The molecule has 1 aromatic carbocycles. The van der Waals surface area contributed by atoms with Crippen molar-refractivity contribution in [1.29, 1.82) is 0 Å². The second-order valence-electron chi connectivity index (χ2n) is 5.73. The Morgan fingerprint density at radius 2 is 2.25 bits per heavy atom. The number of hydrogen-bond acceptors (Lipinski definition) is 3. The Bertz CT molecular complexity index is 543. The Kier molecular flexibility index (Phi) is 4.38. The zero-order valence-corrected chi connectivity index (χ0v) is 12.3. The third-order valence-corrected chi connectivity index (χ3v) is 4.23. The van der Waals surface area contributed by atoms with Crippen molar-refractivity contribution < 1.29 is 4.42 Å². The maximum atomic E-state index is 5.67. The fraction of sp³-hybridized carbons (Fsp3) is 0.529. The molecule has 0 radical (unpaired) electrons. The van der Waals surface area contributed by atoms with Crippen LogP contribution in [0.2, 0.25) is 0 Å². The normalized spacial score (nSPS) is 19.8. The number of nitrogens with zero attached hydrogens (tertiary/aromatic N) is 1. The minimum absolute atomic E-state index is 0.664. The van der Waals surface area contributed by atoms with Crippen LogP contribution in [0.25, 0.3) is 11.0 Å². The van der Waals surface area contributed by atoms with E-state index in [-0.39, 0.29) is 0 Å². The first kappa shape index (κ1) is 13.7. The summed E-state index contributed by atoms with van der Waals surface area (Å²) in [5.74, 6) is 0. The topological polar surface area (TPSA) is 28.4 Å². The van der Waals surface area contributed by atoms with Crippen molar-refractivity contribution in [3.05, 3.63) is 36.1 Å². The lowest BCUT2D eigenvalue weighted by atomic mass is 10.0. The van der Waals surface area contributed by atoms with Crippen LogP contribution < -0.4 is 5.32 Å². The molecule has 1 fully saturated rings. The highest BCUT2D eigenvalue weighted by molar-refractivity contribution is 5.80. The highest BCUT2D eigenvalue weighted by Crippen LogP contribution is 2.24. The number of fused-ring (bicyclic) bond motifs is 1. The standard InChI is InChI=1S/C17H24N2O/c1-2-10-19(15-6-5-9-18-11-15)12-14-13-20-17-8-4-3-7-16(14)17/h3-4,7-8,13,15,18H,2,5-6,9-12H2,1H3. The Labute approximate surface area is 120 Å². The van der Waals surface area contributed by atoms with Crippen molar-refractivity contribution >= 4 is 11.0 Å². The van der Waals surface area contributed by atoms with E-state index in [4.69, 9.17) is 4.42 Å². The van der Waals surface area contributed by atoms with E-state index in [9.17, 15) is 0 Å². The summed E-state index contributed by atoms with van der Waals surface area (Å²) < 4.78 is 5.67. The fourth-order valence-corrected chi connectivity index (χ4v) is 3.20. The molecule has 1 aliphatic rings. The molecule has 0 bridgehead atoms. The number of hydrogen-bond donors (Lipinski definition) is 1. The molecular weight excluding hydrogens is 248 g/mol. The number of piperidine rings is 1. The molecule has 1 aliphatic heterocycles. The Morgan fingerprint density at radius 1 is 1.35 bits per heavy atom. The van der Waals surface area contributed by atoms with Crippen molar-refractivity contribution in [2.45, 2.75) is 38.8 Å². The van der Waals surface area contributed by atoms with Gasteiger partial charge in [0.05, 0.1) is 6.26 Å². The number of para-hydroxylation sites is 1. The van der Waals surface area contributed by atoms with Crippen LogP contribution in [0.5, 0.6) is 0 Å². The lowest BCUT2D eigenvalue weighted by Crippen LogP contribution is -2.45. The first-order valence-electron chi connectivity index (χ1n) is 7.78. The number of nitrogens with one attached hydrogen (secondary N) is 1. The Hall–Kier alpha value is -1.32. The predicted octanol–water partition coefficient (Wildman–Crippen LogP) is 3.40. The fourth-order valence-electron chi connectivity index (χ4n) is 3.20. The van der Waals surface area contributed by atoms with E-state index in [1.54, 1.807) is 0 Å². The van der Waals surface area contributed by atoms with Crippen LogP contribution in [0.15, 0.2) is 34.9 Å². The van der Waals surface area contributed by atoms with Crippen molar-refractivity contribution in [2.24, 2.45) is 0 Å². The monoisotopic (exact) mass is 272 g/mol. The molecule has 0 spiro atoms. The van der Waals surface area contributed by atoms with Gasteiger partial charge in [-0.25, -0.2) is 0 Å². The van der Waals surface area contributed by atoms with Crippen molar-refractivity contribution in [2.75, 3.05) is 19.6 Å². The Morgan fingerprint density at radius 3 is 3.05 bits per heavy atom. The minimum Gasteiger partial charge on any atom is -0.464 e. The van der Waals surface area contributed by atoms with Crippen LogP contribution in [0, 0.1) is 0 Å². The molecule has 0 saturated carbocycles. The quantitative estimate of drug-likeness (QED) is 0.904. The lowest BCUT2D eigenvalue weighted by molar-refractivity contribution is 0.158. The molecule has 3 nitrogen and oxygen atoms in total. The molecule has 20 heavy (non-hydrogen) atoms. The van der Waals surface area contributed by atoms with E-state index in [1.165, 1.54) is 36.8 Å². The molecule has 1 aromatic heterocycles. The van der Waals surface area contributed by atoms with Gasteiger partial charge in [-0.1, -0.05) is 25.1 Å². The molecule has 3 rings (SSSR count). The molecule has 1 N–H and O–H groups in total. The highest BCUT2D eigenvalue weighted by Gasteiger charge is 2.21. The summed E-state index contributed by atoms with van der Waals surface area (Å²) in [7, 11) is 0. The third-order valence-electron chi connectivity index (χ3n) is 4.23. The van der Waals surface area contributed by atoms with Crippen LogP contribution in [-0.4, -0.2) is 30.6 Å². The van der Waals surface area contributed by atoms with Crippen LogP contribution in [0.1, 0.15) is 31.7 Å². The summed E-state index contributed by atoms with van der Waals surface area (Å²) in [4.78, 5) is 2.61. The zero-order chi connectivity index (χ0) is 13.8. The first-order chi connectivity index (χ1) is 9.88. The number of rotatable bonds is 5. The zero-order valence-electron chi connectivity index (χ0n) is 12.3. The predicted molar refractivity (Wildman–Crippen MR) is 82.8 cm³/mol. The van der Waals surface area contributed by atoms with Crippen LogP contribution in [0.3, 0.4) is 0 Å². The molecule has 1 atom stereocenters. The lowest BCUT2D eigenvalue weighted by Gasteiger charge is -2.34. The molecule has 2 aromatic rings. The van der Waals surface area contributed by atoms with E-state index in [0.29, 0.717) is 6.04 Å². The maximum Gasteiger partial charge on any atom is 0.134 e. The van der Waals surface area contributed by atoms with Gasteiger partial charge < -0.3 is 9.73 Å². The van der Waals surface area contributed by atoms with Gasteiger partial charge in [-0.05, 0) is 38.4 Å². The summed E-state index contributed by atoms with van der Waals surface area (Å²) in [6.07, 6.45) is 5.73. The second kappa shape index (κ2) is 6.42. The number of furan rings is 1. The Balaban J connectivity index is 1.78. The van der Waals surface area contributed by atoms with Crippen molar-refractivity contribution in [3.63, 3.8) is 0 Å². The van der Waals surface area contributed by atoms with Gasteiger partial charge in [0, 0.05) is 30.1 Å². The van der Waals surface area contributed by atoms with Gasteiger partial charge in [-0.3, -0.25) is 4.90 Å². The van der Waals surface area contributed by atoms with Crippen LogP contribution in [0.4, 0.5) is 0 Å². The summed E-state index contributed by atoms with van der Waals surface area (Å²) in [6.45, 7) is 6.71. The smallest absolute Gasteiger partial charge is 0.134 e. The average Bonchev–Trinajstić information content (AvgIpc) is 2.91. The minimum atomic E-state index is 0.664. The van der Waals surface area contributed by atoms with Gasteiger partial charge in [0.25, 0.3) is 0 Å². The largest absolute Gasteiger partial charge is 0.464 e. The maximum absolute atomic E-state index is 5.67. The van der Waals surface area contributed by atoms with E-state index < -0.39 is 0 Å². The van der Waals surface area contributed by atoms with E-state index in [2.05, 4.69) is 29.3 Å². The number of benzene rings is 1. The van der Waals surface area contributed by atoms with Gasteiger partial charge in [-0.15, -0.1) is 0 Å². The molecule has 108 valence electrons. The molecule has 1 unspecified atom stereocenters. The van der Waals surface area contributed by atoms with E-state index >= 15 is 0 Å². The molecule has 2 heterocycles. The van der Waals surface area contributed by atoms with Gasteiger partial charge in [-0.2, -0.15) is 0 Å².